The molecule has 0 aromatic heterocycles. The minimum atomic E-state index is -3.88. The van der Waals surface area contributed by atoms with Crippen molar-refractivity contribution in [3.05, 3.63) is 24.3 Å². The average molecular weight is 286 g/mol. The van der Waals surface area contributed by atoms with E-state index in [2.05, 4.69) is 5.32 Å². The molecule has 1 rings (SSSR count). The molecule has 6 nitrogen and oxygen atoms in total. The molecule has 0 amide bonds. The molecule has 19 heavy (non-hydrogen) atoms. The van der Waals surface area contributed by atoms with Gasteiger partial charge in [-0.15, -0.1) is 0 Å². The number of hydrogen-bond acceptors (Lipinski definition) is 4. The first-order valence-corrected chi connectivity index (χ1v) is 7.52. The highest BCUT2D eigenvalue weighted by Gasteiger charge is 2.20. The van der Waals surface area contributed by atoms with Crippen molar-refractivity contribution in [1.82, 2.24) is 0 Å². The highest BCUT2D eigenvalue weighted by Crippen LogP contribution is 2.21. The number of nitrogens with one attached hydrogen (secondary N) is 1. The highest BCUT2D eigenvalue weighted by atomic mass is 32.2. The van der Waals surface area contributed by atoms with Crippen LogP contribution in [0.3, 0.4) is 0 Å². The molecule has 0 saturated carbocycles. The summed E-state index contributed by atoms with van der Waals surface area (Å²) in [5.41, 5.74) is 0.216. The van der Waals surface area contributed by atoms with Gasteiger partial charge in [-0.25, -0.2) is 18.4 Å². The van der Waals surface area contributed by atoms with Gasteiger partial charge in [-0.3, -0.25) is 0 Å². The second kappa shape index (κ2) is 6.53. The number of aliphatic carboxylic acids is 1. The molecule has 0 fully saturated rings. The summed E-state index contributed by atoms with van der Waals surface area (Å²) in [6.45, 7) is 1.96. The Morgan fingerprint density at radius 2 is 2.05 bits per heavy atom. The van der Waals surface area contributed by atoms with Crippen LogP contribution in [0.15, 0.2) is 29.2 Å². The van der Waals surface area contributed by atoms with E-state index in [1.54, 1.807) is 6.07 Å². The summed E-state index contributed by atoms with van der Waals surface area (Å²) >= 11 is 0. The van der Waals surface area contributed by atoms with Gasteiger partial charge in [0.2, 0.25) is 10.0 Å². The summed E-state index contributed by atoms with van der Waals surface area (Å²) < 4.78 is 22.8. The van der Waals surface area contributed by atoms with Crippen LogP contribution >= 0.6 is 0 Å². The van der Waals surface area contributed by atoms with Crippen molar-refractivity contribution in [2.45, 2.75) is 37.1 Å². The van der Waals surface area contributed by atoms with Crippen LogP contribution in [0.4, 0.5) is 5.69 Å². The van der Waals surface area contributed by atoms with E-state index >= 15 is 0 Å². The SMILES string of the molecule is CCCCC(Nc1ccccc1S(N)(=O)=O)C(=O)O. The van der Waals surface area contributed by atoms with E-state index in [1.807, 2.05) is 6.92 Å². The molecular weight excluding hydrogens is 268 g/mol. The maximum atomic E-state index is 11.4. The average Bonchev–Trinajstić information content (AvgIpc) is 2.33. The second-order valence-corrected chi connectivity index (χ2v) is 5.75. The number of rotatable bonds is 7. The number of carboxylic acid groups (broad SMARTS) is 1. The predicted octanol–water partition coefficient (Wildman–Crippen LogP) is 1.39. The summed E-state index contributed by atoms with van der Waals surface area (Å²) in [6, 6.07) is 5.17. The van der Waals surface area contributed by atoms with Gasteiger partial charge in [0.15, 0.2) is 0 Å². The maximum Gasteiger partial charge on any atom is 0.326 e. The molecule has 0 bridgehead atoms. The Morgan fingerprint density at radius 1 is 1.42 bits per heavy atom. The first kappa shape index (κ1) is 15.5. The number of para-hydroxylation sites is 1. The normalized spacial score (nSPS) is 12.9. The second-order valence-electron chi connectivity index (χ2n) is 4.22. The maximum absolute atomic E-state index is 11.4. The third kappa shape index (κ3) is 4.53. The zero-order valence-corrected chi connectivity index (χ0v) is 11.5. The van der Waals surface area contributed by atoms with Crippen molar-refractivity contribution in [3.8, 4) is 0 Å². The molecule has 1 aromatic rings. The molecule has 7 heteroatoms. The van der Waals surface area contributed by atoms with Gasteiger partial charge < -0.3 is 10.4 Å². The minimum absolute atomic E-state index is 0.0993. The number of primary sulfonamides is 1. The predicted molar refractivity (Wildman–Crippen MR) is 72.4 cm³/mol. The van der Waals surface area contributed by atoms with Crippen LogP contribution < -0.4 is 10.5 Å². The molecule has 0 spiro atoms. The molecule has 1 aromatic carbocycles. The number of anilines is 1. The van der Waals surface area contributed by atoms with E-state index in [9.17, 15) is 13.2 Å². The smallest absolute Gasteiger partial charge is 0.326 e. The van der Waals surface area contributed by atoms with Crippen molar-refractivity contribution in [1.29, 1.82) is 0 Å². The molecule has 0 heterocycles. The lowest BCUT2D eigenvalue weighted by Crippen LogP contribution is -2.30. The summed E-state index contributed by atoms with van der Waals surface area (Å²) in [5, 5.41) is 16.9. The van der Waals surface area contributed by atoms with Crippen LogP contribution in [0, 0.1) is 0 Å². The van der Waals surface area contributed by atoms with Gasteiger partial charge in [0.05, 0.1) is 5.69 Å². The fourth-order valence-corrected chi connectivity index (χ4v) is 2.39. The Morgan fingerprint density at radius 3 is 2.58 bits per heavy atom. The van der Waals surface area contributed by atoms with Crippen molar-refractivity contribution in [2.24, 2.45) is 5.14 Å². The van der Waals surface area contributed by atoms with Crippen molar-refractivity contribution < 1.29 is 18.3 Å². The molecule has 106 valence electrons. The summed E-state index contributed by atoms with van der Waals surface area (Å²) in [4.78, 5) is 11.0. The highest BCUT2D eigenvalue weighted by molar-refractivity contribution is 7.89. The van der Waals surface area contributed by atoms with Crippen molar-refractivity contribution in [3.63, 3.8) is 0 Å². The zero-order valence-electron chi connectivity index (χ0n) is 10.7. The third-order valence-corrected chi connectivity index (χ3v) is 3.64. The molecule has 0 saturated heterocycles. The Kier molecular flexibility index (Phi) is 5.31. The van der Waals surface area contributed by atoms with E-state index in [1.165, 1.54) is 18.2 Å². The van der Waals surface area contributed by atoms with Crippen molar-refractivity contribution in [2.75, 3.05) is 5.32 Å². The van der Waals surface area contributed by atoms with Crippen LogP contribution in [-0.4, -0.2) is 25.5 Å². The Bertz CT molecular complexity index is 542. The lowest BCUT2D eigenvalue weighted by molar-refractivity contribution is -0.138. The number of benzene rings is 1. The van der Waals surface area contributed by atoms with Crippen LogP contribution in [0.1, 0.15) is 26.2 Å². The quantitative estimate of drug-likeness (QED) is 0.701. The van der Waals surface area contributed by atoms with Gasteiger partial charge >= 0.3 is 5.97 Å². The summed E-state index contributed by atoms with van der Waals surface area (Å²) in [6.07, 6.45) is 2.02. The molecule has 1 atom stereocenters. The number of carbonyl (C=O) groups is 1. The van der Waals surface area contributed by atoms with Gasteiger partial charge in [0.25, 0.3) is 0 Å². The number of hydrogen-bond donors (Lipinski definition) is 3. The lowest BCUT2D eigenvalue weighted by atomic mass is 10.1. The number of carboxylic acids is 1. The van der Waals surface area contributed by atoms with E-state index < -0.39 is 22.0 Å². The monoisotopic (exact) mass is 286 g/mol. The standard InChI is InChI=1S/C12H18N2O4S/c1-2-3-6-10(12(15)16)14-9-7-4-5-8-11(9)19(13,17)18/h4-5,7-8,10,14H,2-3,6H2,1H3,(H,15,16)(H2,13,17,18). The number of sulfonamides is 1. The molecule has 4 N–H and O–H groups in total. The topological polar surface area (TPSA) is 109 Å². The minimum Gasteiger partial charge on any atom is -0.480 e. The number of unbranched alkanes of at least 4 members (excludes halogenated alkanes) is 1. The van der Waals surface area contributed by atoms with Crippen LogP contribution in [-0.2, 0) is 14.8 Å². The van der Waals surface area contributed by atoms with Crippen LogP contribution in [0.2, 0.25) is 0 Å². The zero-order chi connectivity index (χ0) is 14.5. The van der Waals surface area contributed by atoms with E-state index in [0.29, 0.717) is 6.42 Å². The van der Waals surface area contributed by atoms with Gasteiger partial charge in [0, 0.05) is 0 Å². The first-order valence-electron chi connectivity index (χ1n) is 5.97. The fraction of sp³-hybridized carbons (Fsp3) is 0.417. The van der Waals surface area contributed by atoms with E-state index in [-0.39, 0.29) is 10.6 Å². The molecule has 0 aliphatic carbocycles. The van der Waals surface area contributed by atoms with Crippen LogP contribution in [0.25, 0.3) is 0 Å². The fourth-order valence-electron chi connectivity index (χ4n) is 1.69. The van der Waals surface area contributed by atoms with Gasteiger partial charge in [-0.1, -0.05) is 31.9 Å². The van der Waals surface area contributed by atoms with Crippen LogP contribution in [0.5, 0.6) is 0 Å². The van der Waals surface area contributed by atoms with Gasteiger partial charge in [-0.2, -0.15) is 0 Å². The van der Waals surface area contributed by atoms with Crippen molar-refractivity contribution >= 4 is 21.7 Å². The van der Waals surface area contributed by atoms with Gasteiger partial charge in [0.1, 0.15) is 10.9 Å². The largest absolute Gasteiger partial charge is 0.480 e. The van der Waals surface area contributed by atoms with E-state index in [0.717, 1.165) is 12.8 Å². The third-order valence-electron chi connectivity index (χ3n) is 2.67. The molecule has 0 aliphatic heterocycles. The van der Waals surface area contributed by atoms with Gasteiger partial charge in [-0.05, 0) is 18.6 Å². The Balaban J connectivity index is 3.00. The lowest BCUT2D eigenvalue weighted by Gasteiger charge is -2.17. The Hall–Kier alpha value is -1.60. The molecule has 0 radical (unpaired) electrons. The number of nitrogens with two attached hydrogens (primary N) is 1. The Labute approximate surface area is 112 Å². The molecule has 0 aliphatic rings. The first-order chi connectivity index (χ1) is 8.86. The summed E-state index contributed by atoms with van der Waals surface area (Å²) in [7, 11) is -3.88. The molecule has 1 unspecified atom stereocenters. The molecular formula is C12H18N2O4S. The summed E-state index contributed by atoms with van der Waals surface area (Å²) in [5.74, 6) is -1.02. The van der Waals surface area contributed by atoms with E-state index in [4.69, 9.17) is 10.2 Å².